The molecule has 0 saturated carbocycles. The van der Waals surface area contributed by atoms with Crippen LogP contribution in [0.1, 0.15) is 21.7 Å². The first-order valence-electron chi connectivity index (χ1n) is 8.94. The molecule has 3 rings (SSSR count). The van der Waals surface area contributed by atoms with Crippen molar-refractivity contribution in [2.75, 3.05) is 11.1 Å². The summed E-state index contributed by atoms with van der Waals surface area (Å²) in [4.78, 5) is 24.4. The summed E-state index contributed by atoms with van der Waals surface area (Å²) in [5.74, 6) is 0.392. The fourth-order valence-corrected chi connectivity index (χ4v) is 3.65. The van der Waals surface area contributed by atoms with Gasteiger partial charge in [0.25, 0.3) is 5.91 Å². The molecule has 0 aliphatic carbocycles. The molecular weight excluding hydrogens is 490 g/mol. The lowest BCUT2D eigenvalue weighted by molar-refractivity contribution is -0.113. The lowest BCUT2D eigenvalue weighted by Crippen LogP contribution is -2.24. The smallest absolute Gasteiger partial charge is 0.251 e. The average Bonchev–Trinajstić information content (AvgIpc) is 3.07. The predicted octanol–water partition coefficient (Wildman–Crippen LogP) is 4.20. The second kappa shape index (κ2) is 10.1. The Bertz CT molecular complexity index is 1070. The molecule has 2 N–H and O–H groups in total. The van der Waals surface area contributed by atoms with E-state index >= 15 is 0 Å². The van der Waals surface area contributed by atoms with Crippen molar-refractivity contribution in [2.24, 2.45) is 7.05 Å². The minimum absolute atomic E-state index is 0.162. The minimum Gasteiger partial charge on any atom is -0.345 e. The zero-order valence-electron chi connectivity index (χ0n) is 16.3. The number of nitrogens with one attached hydrogen (secondary N) is 2. The second-order valence-electron chi connectivity index (χ2n) is 6.47. The van der Waals surface area contributed by atoms with Crippen molar-refractivity contribution in [3.63, 3.8) is 0 Å². The normalized spacial score (nSPS) is 10.7. The molecule has 30 heavy (non-hydrogen) atoms. The SMILES string of the molecule is Cc1ccc(C(=O)NCc2nnc(SCC(=O)Nc3ccc(Br)c(Cl)c3)n2C)cc1. The van der Waals surface area contributed by atoms with E-state index in [1.54, 1.807) is 41.9 Å². The molecule has 0 unspecified atom stereocenters. The van der Waals surface area contributed by atoms with Crippen molar-refractivity contribution in [2.45, 2.75) is 18.6 Å². The summed E-state index contributed by atoms with van der Waals surface area (Å²) in [5.41, 5.74) is 2.29. The Morgan fingerprint density at radius 1 is 1.17 bits per heavy atom. The number of hydrogen-bond acceptors (Lipinski definition) is 5. The van der Waals surface area contributed by atoms with Crippen LogP contribution in [0.5, 0.6) is 0 Å². The van der Waals surface area contributed by atoms with Crippen LogP contribution in [0.4, 0.5) is 5.69 Å². The van der Waals surface area contributed by atoms with E-state index in [-0.39, 0.29) is 24.1 Å². The molecule has 0 fully saturated rings. The van der Waals surface area contributed by atoms with Crippen LogP contribution in [0.2, 0.25) is 5.02 Å². The molecule has 0 spiro atoms. The molecule has 0 aliphatic rings. The Hall–Kier alpha value is -2.36. The Balaban J connectivity index is 1.52. The lowest BCUT2D eigenvalue weighted by Gasteiger charge is -2.07. The molecular formula is C20H19BrClN5O2S. The Morgan fingerprint density at radius 3 is 2.60 bits per heavy atom. The number of carbonyl (C=O) groups excluding carboxylic acids is 2. The van der Waals surface area contributed by atoms with Crippen molar-refractivity contribution >= 4 is 56.8 Å². The van der Waals surface area contributed by atoms with Gasteiger partial charge in [-0.05, 0) is 53.2 Å². The largest absolute Gasteiger partial charge is 0.345 e. The molecule has 0 atom stereocenters. The molecule has 1 aromatic heterocycles. The van der Waals surface area contributed by atoms with Gasteiger partial charge in [-0.15, -0.1) is 10.2 Å². The monoisotopic (exact) mass is 507 g/mol. The number of benzene rings is 2. The Kier molecular flexibility index (Phi) is 7.52. The number of aromatic nitrogens is 3. The van der Waals surface area contributed by atoms with Crippen molar-refractivity contribution in [1.82, 2.24) is 20.1 Å². The summed E-state index contributed by atoms with van der Waals surface area (Å²) in [6.07, 6.45) is 0. The minimum atomic E-state index is -0.185. The van der Waals surface area contributed by atoms with Gasteiger partial charge < -0.3 is 15.2 Å². The number of amides is 2. The predicted molar refractivity (Wildman–Crippen MR) is 122 cm³/mol. The topological polar surface area (TPSA) is 88.9 Å². The third kappa shape index (κ3) is 5.84. The van der Waals surface area contributed by atoms with Gasteiger partial charge in [0.1, 0.15) is 0 Å². The summed E-state index contributed by atoms with van der Waals surface area (Å²) in [6.45, 7) is 2.20. The van der Waals surface area contributed by atoms with E-state index in [4.69, 9.17) is 11.6 Å². The molecule has 7 nitrogen and oxygen atoms in total. The van der Waals surface area contributed by atoms with Gasteiger partial charge in [0.05, 0.1) is 17.3 Å². The number of nitrogens with zero attached hydrogens (tertiary/aromatic N) is 3. The Morgan fingerprint density at radius 2 is 1.90 bits per heavy atom. The van der Waals surface area contributed by atoms with Gasteiger partial charge in [0.15, 0.2) is 11.0 Å². The molecule has 156 valence electrons. The quantitative estimate of drug-likeness (QED) is 0.467. The van der Waals surface area contributed by atoms with Gasteiger partial charge in [-0.3, -0.25) is 9.59 Å². The first-order chi connectivity index (χ1) is 14.3. The molecule has 1 heterocycles. The van der Waals surface area contributed by atoms with Crippen LogP contribution in [0, 0.1) is 6.92 Å². The number of carbonyl (C=O) groups is 2. The van der Waals surface area contributed by atoms with Crippen molar-refractivity contribution in [3.8, 4) is 0 Å². The number of anilines is 1. The van der Waals surface area contributed by atoms with Crippen LogP contribution in [-0.4, -0.2) is 32.3 Å². The molecule has 0 aliphatic heterocycles. The third-order valence-corrected chi connectivity index (χ3v) is 6.43. The van der Waals surface area contributed by atoms with Crippen LogP contribution in [0.3, 0.4) is 0 Å². The van der Waals surface area contributed by atoms with Gasteiger partial charge in [0.2, 0.25) is 5.91 Å². The lowest BCUT2D eigenvalue weighted by atomic mass is 10.1. The zero-order chi connectivity index (χ0) is 21.7. The van der Waals surface area contributed by atoms with Gasteiger partial charge in [-0.1, -0.05) is 41.1 Å². The van der Waals surface area contributed by atoms with E-state index in [0.717, 1.165) is 10.0 Å². The highest BCUT2D eigenvalue weighted by Gasteiger charge is 2.13. The molecule has 2 aromatic carbocycles. The average molecular weight is 509 g/mol. The molecule has 3 aromatic rings. The van der Waals surface area contributed by atoms with E-state index in [1.807, 2.05) is 19.1 Å². The third-order valence-electron chi connectivity index (χ3n) is 4.18. The molecule has 2 amide bonds. The molecule has 0 saturated heterocycles. The van der Waals surface area contributed by atoms with E-state index in [9.17, 15) is 9.59 Å². The molecule has 0 bridgehead atoms. The standard InChI is InChI=1S/C20H19BrClN5O2S/c1-12-3-5-13(6-4-12)19(29)23-10-17-25-26-20(27(17)2)30-11-18(28)24-14-7-8-15(21)16(22)9-14/h3-9H,10-11H2,1-2H3,(H,23,29)(H,24,28). The van der Waals surface area contributed by atoms with Gasteiger partial charge in [-0.2, -0.15) is 0 Å². The summed E-state index contributed by atoms with van der Waals surface area (Å²) in [6, 6.07) is 12.5. The van der Waals surface area contributed by atoms with E-state index < -0.39 is 0 Å². The van der Waals surface area contributed by atoms with Crippen LogP contribution in [0.25, 0.3) is 0 Å². The van der Waals surface area contributed by atoms with E-state index in [2.05, 4.69) is 36.8 Å². The fraction of sp³-hybridized carbons (Fsp3) is 0.200. The first kappa shape index (κ1) is 22.3. The van der Waals surface area contributed by atoms with Gasteiger partial charge in [0, 0.05) is 22.8 Å². The highest BCUT2D eigenvalue weighted by atomic mass is 79.9. The van der Waals surface area contributed by atoms with Crippen LogP contribution < -0.4 is 10.6 Å². The fourth-order valence-electron chi connectivity index (χ4n) is 2.49. The number of hydrogen-bond donors (Lipinski definition) is 2. The van der Waals surface area contributed by atoms with E-state index in [1.165, 1.54) is 11.8 Å². The number of halogens is 2. The van der Waals surface area contributed by atoms with Gasteiger partial charge >= 0.3 is 0 Å². The van der Waals surface area contributed by atoms with Crippen LogP contribution in [-0.2, 0) is 18.4 Å². The highest BCUT2D eigenvalue weighted by molar-refractivity contribution is 9.10. The van der Waals surface area contributed by atoms with Crippen molar-refractivity contribution < 1.29 is 9.59 Å². The maximum Gasteiger partial charge on any atom is 0.251 e. The molecule has 0 radical (unpaired) electrons. The number of aryl methyl sites for hydroxylation is 1. The van der Waals surface area contributed by atoms with Crippen molar-refractivity contribution in [1.29, 1.82) is 0 Å². The van der Waals surface area contributed by atoms with E-state index in [0.29, 0.717) is 27.3 Å². The summed E-state index contributed by atoms with van der Waals surface area (Å²) < 4.78 is 2.52. The van der Waals surface area contributed by atoms with Crippen molar-refractivity contribution in [3.05, 3.63) is 68.9 Å². The second-order valence-corrected chi connectivity index (χ2v) is 8.68. The summed E-state index contributed by atoms with van der Waals surface area (Å²) >= 11 is 10.6. The maximum absolute atomic E-state index is 12.2. The van der Waals surface area contributed by atoms with Crippen LogP contribution >= 0.6 is 39.3 Å². The summed E-state index contributed by atoms with van der Waals surface area (Å²) in [5, 5.41) is 14.9. The maximum atomic E-state index is 12.2. The highest BCUT2D eigenvalue weighted by Crippen LogP contribution is 2.25. The van der Waals surface area contributed by atoms with Crippen LogP contribution in [0.15, 0.2) is 52.1 Å². The Labute approximate surface area is 191 Å². The summed E-state index contributed by atoms with van der Waals surface area (Å²) in [7, 11) is 1.79. The molecule has 10 heteroatoms. The first-order valence-corrected chi connectivity index (χ1v) is 11.1. The number of thioether (sulfide) groups is 1. The number of rotatable bonds is 7. The zero-order valence-corrected chi connectivity index (χ0v) is 19.4. The van der Waals surface area contributed by atoms with Gasteiger partial charge in [-0.25, -0.2) is 0 Å².